The molecule has 0 bridgehead atoms. The molecule has 0 radical (unpaired) electrons. The van der Waals surface area contributed by atoms with Crippen LogP contribution in [0.5, 0.6) is 11.5 Å². The largest absolute Gasteiger partial charge is 0.481 e. The third kappa shape index (κ3) is 3.38. The molecule has 152 valence electrons. The summed E-state index contributed by atoms with van der Waals surface area (Å²) in [4.78, 5) is 0. The Morgan fingerprint density at radius 3 is 2.66 bits per heavy atom. The van der Waals surface area contributed by atoms with Gasteiger partial charge in [0.25, 0.3) is 0 Å². The van der Waals surface area contributed by atoms with Gasteiger partial charge in [-0.25, -0.2) is 0 Å². The summed E-state index contributed by atoms with van der Waals surface area (Å²) in [5.41, 5.74) is 5.04. The van der Waals surface area contributed by atoms with E-state index in [1.807, 2.05) is 31.2 Å². The molecule has 2 heterocycles. The molecule has 2 aliphatic heterocycles. The number of benzene rings is 2. The topological polar surface area (TPSA) is 30.5 Å². The van der Waals surface area contributed by atoms with Crippen molar-refractivity contribution < 1.29 is 18.3 Å². The number of halogens is 3. The van der Waals surface area contributed by atoms with Crippen LogP contribution in [0.4, 0.5) is 14.5 Å². The van der Waals surface area contributed by atoms with Crippen LogP contribution < -0.4 is 14.8 Å². The summed E-state index contributed by atoms with van der Waals surface area (Å²) >= 11 is 6.23. The van der Waals surface area contributed by atoms with Gasteiger partial charge in [0.15, 0.2) is 5.75 Å². The molecule has 29 heavy (non-hydrogen) atoms. The van der Waals surface area contributed by atoms with Gasteiger partial charge < -0.3 is 14.8 Å². The Hall–Kier alpha value is -2.53. The van der Waals surface area contributed by atoms with Crippen molar-refractivity contribution in [2.75, 3.05) is 5.32 Å². The number of ether oxygens (including phenoxy) is 2. The van der Waals surface area contributed by atoms with Gasteiger partial charge in [0.2, 0.25) is 0 Å². The van der Waals surface area contributed by atoms with Crippen molar-refractivity contribution in [1.29, 1.82) is 0 Å². The minimum atomic E-state index is -2.99. The van der Waals surface area contributed by atoms with Gasteiger partial charge in [0, 0.05) is 16.8 Å². The summed E-state index contributed by atoms with van der Waals surface area (Å²) in [6, 6.07) is 7.10. The molecule has 6 heteroatoms. The van der Waals surface area contributed by atoms with E-state index in [9.17, 15) is 8.78 Å². The van der Waals surface area contributed by atoms with Crippen molar-refractivity contribution in [1.82, 2.24) is 0 Å². The second kappa shape index (κ2) is 7.06. The van der Waals surface area contributed by atoms with Crippen LogP contribution in [0, 0.1) is 0 Å². The Morgan fingerprint density at radius 1 is 1.21 bits per heavy atom. The Labute approximate surface area is 174 Å². The van der Waals surface area contributed by atoms with E-state index < -0.39 is 6.61 Å². The molecule has 1 atom stereocenters. The number of alkyl halides is 2. The van der Waals surface area contributed by atoms with Gasteiger partial charge in [-0.3, -0.25) is 0 Å². The minimum Gasteiger partial charge on any atom is -0.481 e. The smallest absolute Gasteiger partial charge is 0.387 e. The lowest BCUT2D eigenvalue weighted by atomic mass is 9.81. The molecular weight excluding hydrogens is 396 g/mol. The van der Waals surface area contributed by atoms with Crippen LogP contribution in [0.1, 0.15) is 44.9 Å². The van der Waals surface area contributed by atoms with E-state index in [0.29, 0.717) is 11.3 Å². The normalized spacial score (nSPS) is 19.0. The van der Waals surface area contributed by atoms with Crippen LogP contribution in [0.15, 0.2) is 42.5 Å². The number of fused-ring (bicyclic) bond motifs is 5. The molecular formula is C23H22ClF2NO2. The van der Waals surface area contributed by atoms with Crippen molar-refractivity contribution in [3.05, 3.63) is 58.6 Å². The van der Waals surface area contributed by atoms with Crippen LogP contribution in [0.2, 0.25) is 5.02 Å². The summed E-state index contributed by atoms with van der Waals surface area (Å²) in [6.07, 6.45) is 5.68. The van der Waals surface area contributed by atoms with Crippen molar-refractivity contribution in [3.63, 3.8) is 0 Å². The van der Waals surface area contributed by atoms with Gasteiger partial charge in [-0.2, -0.15) is 8.78 Å². The molecule has 0 amide bonds. The fourth-order valence-corrected chi connectivity index (χ4v) is 4.46. The second-order valence-electron chi connectivity index (χ2n) is 7.82. The molecule has 0 saturated heterocycles. The molecule has 2 aromatic rings. The van der Waals surface area contributed by atoms with E-state index in [2.05, 4.69) is 32.2 Å². The van der Waals surface area contributed by atoms with Crippen LogP contribution in [0.25, 0.3) is 16.7 Å². The Bertz CT molecular complexity index is 1040. The number of hydrogen-bond acceptors (Lipinski definition) is 3. The lowest BCUT2D eigenvalue weighted by Gasteiger charge is -2.36. The first-order valence-corrected chi connectivity index (χ1v) is 9.81. The molecule has 3 nitrogen and oxygen atoms in total. The van der Waals surface area contributed by atoms with Gasteiger partial charge in [0.05, 0.1) is 16.1 Å². The highest BCUT2D eigenvalue weighted by atomic mass is 35.5. The van der Waals surface area contributed by atoms with E-state index in [1.54, 1.807) is 6.07 Å². The van der Waals surface area contributed by atoms with E-state index in [-0.39, 0.29) is 22.4 Å². The predicted molar refractivity (Wildman–Crippen MR) is 113 cm³/mol. The fraction of sp³-hybridized carbons (Fsp3) is 0.304. The zero-order valence-electron chi connectivity index (χ0n) is 16.6. The van der Waals surface area contributed by atoms with E-state index in [1.165, 1.54) is 6.07 Å². The van der Waals surface area contributed by atoms with E-state index >= 15 is 0 Å². The summed E-state index contributed by atoms with van der Waals surface area (Å²) in [5.74, 6) is 0.399. The maximum atomic E-state index is 13.1. The fourth-order valence-electron chi connectivity index (χ4n) is 4.26. The minimum absolute atomic E-state index is 0.0648. The van der Waals surface area contributed by atoms with Crippen LogP contribution in [0.3, 0.4) is 0 Å². The van der Waals surface area contributed by atoms with Crippen LogP contribution >= 0.6 is 11.6 Å². The highest BCUT2D eigenvalue weighted by Gasteiger charge is 2.35. The number of rotatable bonds is 3. The molecule has 4 rings (SSSR count). The van der Waals surface area contributed by atoms with Gasteiger partial charge in [-0.1, -0.05) is 29.8 Å². The van der Waals surface area contributed by atoms with Gasteiger partial charge >= 0.3 is 6.61 Å². The first-order chi connectivity index (χ1) is 13.7. The lowest BCUT2D eigenvalue weighted by Crippen LogP contribution is -2.32. The first kappa shape index (κ1) is 19.8. The number of allylic oxidation sites excluding steroid dienone is 2. The highest BCUT2D eigenvalue weighted by Crippen LogP contribution is 2.54. The number of nitrogens with one attached hydrogen (secondary N) is 1. The van der Waals surface area contributed by atoms with E-state index in [0.717, 1.165) is 28.0 Å². The van der Waals surface area contributed by atoms with Crippen molar-refractivity contribution in [2.45, 2.75) is 45.9 Å². The van der Waals surface area contributed by atoms with Crippen molar-refractivity contribution in [3.8, 4) is 22.6 Å². The predicted octanol–water partition coefficient (Wildman–Crippen LogP) is 7.23. The zero-order chi connectivity index (χ0) is 20.9. The summed E-state index contributed by atoms with van der Waals surface area (Å²) in [5, 5.41) is 3.65. The molecule has 2 aromatic carbocycles. The van der Waals surface area contributed by atoms with Gasteiger partial charge in [-0.05, 0) is 63.1 Å². The van der Waals surface area contributed by atoms with Crippen molar-refractivity contribution >= 4 is 22.9 Å². The molecule has 2 aliphatic rings. The van der Waals surface area contributed by atoms with Crippen LogP contribution in [-0.2, 0) is 0 Å². The third-order valence-corrected chi connectivity index (χ3v) is 5.43. The summed E-state index contributed by atoms with van der Waals surface area (Å²) in [6.45, 7) is 5.19. The molecule has 1 unspecified atom stereocenters. The monoisotopic (exact) mass is 417 g/mol. The average molecular weight is 418 g/mol. The number of anilines is 1. The van der Waals surface area contributed by atoms with Crippen molar-refractivity contribution in [2.24, 2.45) is 0 Å². The highest BCUT2D eigenvalue weighted by molar-refractivity contribution is 6.32. The molecule has 0 fully saturated rings. The summed E-state index contributed by atoms with van der Waals surface area (Å²) in [7, 11) is 0. The zero-order valence-corrected chi connectivity index (χ0v) is 17.4. The Balaban J connectivity index is 2.03. The van der Waals surface area contributed by atoms with E-state index in [4.69, 9.17) is 21.1 Å². The molecule has 0 aromatic heterocycles. The van der Waals surface area contributed by atoms with Crippen LogP contribution in [-0.4, -0.2) is 12.2 Å². The quantitative estimate of drug-likeness (QED) is 0.534. The molecule has 1 N–H and O–H groups in total. The summed E-state index contributed by atoms with van der Waals surface area (Å²) < 4.78 is 37.2. The maximum absolute atomic E-state index is 13.1. The maximum Gasteiger partial charge on any atom is 0.387 e. The standard InChI is InChI=1S/C23H22ClF2NO2/c1-5-6-16-19-13(7-9-15-18(19)12(2)11-23(3,4)27-15)20-17(28-16)10-8-14(24)21(20)29-22(25)26/h5-11,16,22,27H,1-4H3. The SMILES string of the molecule is CC=CC1Oc2ccc(Cl)c(OC(F)F)c2-c2ccc3c(c21)C(C)=CC(C)(C)N3. The Morgan fingerprint density at radius 2 is 1.97 bits per heavy atom. The third-order valence-electron chi connectivity index (χ3n) is 5.13. The average Bonchev–Trinajstić information content (AvgIpc) is 2.62. The van der Waals surface area contributed by atoms with Gasteiger partial charge in [0.1, 0.15) is 11.9 Å². The molecule has 0 saturated carbocycles. The lowest BCUT2D eigenvalue weighted by molar-refractivity contribution is -0.0495. The Kier molecular flexibility index (Phi) is 4.82. The molecule has 0 spiro atoms. The first-order valence-electron chi connectivity index (χ1n) is 9.44. The van der Waals surface area contributed by atoms with Gasteiger partial charge in [-0.15, -0.1) is 0 Å². The second-order valence-corrected chi connectivity index (χ2v) is 8.22. The number of hydrogen-bond donors (Lipinski definition) is 1. The molecule has 0 aliphatic carbocycles.